The lowest BCUT2D eigenvalue weighted by Gasteiger charge is -2.12. The Kier molecular flexibility index (Phi) is 6.13. The molecule has 3 rings (SSSR count). The molecular weight excluding hydrogens is 318 g/mol. The van der Waals surface area contributed by atoms with Crippen molar-refractivity contribution < 1.29 is 9.78 Å². The fraction of sp³-hybridized carbons (Fsp3) is 0.368. The van der Waals surface area contributed by atoms with Crippen LogP contribution in [0, 0.1) is 0 Å². The van der Waals surface area contributed by atoms with Gasteiger partial charge in [0, 0.05) is 18.1 Å². The Bertz CT molecular complexity index is 657. The van der Waals surface area contributed by atoms with Crippen molar-refractivity contribution in [3.05, 3.63) is 59.8 Å². The molecule has 1 saturated heterocycles. The van der Waals surface area contributed by atoms with Gasteiger partial charge in [0.2, 0.25) is 0 Å². The monoisotopic (exact) mass is 342 g/mol. The smallest absolute Gasteiger partial charge is 0.287 e. The van der Waals surface area contributed by atoms with Gasteiger partial charge in [-0.3, -0.25) is 9.69 Å². The summed E-state index contributed by atoms with van der Waals surface area (Å²) in [4.78, 5) is 18.0. The van der Waals surface area contributed by atoms with Crippen LogP contribution in [0.3, 0.4) is 0 Å². The molecule has 1 aromatic carbocycles. The number of benzene rings is 1. The summed E-state index contributed by atoms with van der Waals surface area (Å²) in [6.45, 7) is 2.73. The van der Waals surface area contributed by atoms with E-state index < -0.39 is 0 Å². The average Bonchev–Trinajstić information content (AvgIpc) is 3.17. The largest absolute Gasteiger partial charge is 0.351 e. The third kappa shape index (κ3) is 4.51. The molecule has 24 heavy (non-hydrogen) atoms. The minimum Gasteiger partial charge on any atom is -0.351 e. The van der Waals surface area contributed by atoms with E-state index >= 15 is 0 Å². The molecule has 0 atom stereocenters. The molecule has 0 unspecified atom stereocenters. The number of hydrogen-bond acceptors (Lipinski definition) is 3. The summed E-state index contributed by atoms with van der Waals surface area (Å²) in [7, 11) is 0. The Morgan fingerprint density at radius 2 is 1.92 bits per heavy atom. The molecule has 0 bridgehead atoms. The van der Waals surface area contributed by atoms with Crippen LogP contribution in [0.15, 0.2) is 48.7 Å². The van der Waals surface area contributed by atoms with Crippen molar-refractivity contribution in [2.45, 2.75) is 18.6 Å². The van der Waals surface area contributed by atoms with Crippen molar-refractivity contribution in [1.82, 2.24) is 5.32 Å². The van der Waals surface area contributed by atoms with E-state index in [0.717, 1.165) is 36.0 Å². The van der Waals surface area contributed by atoms with Gasteiger partial charge in [-0.15, -0.1) is 0 Å². The molecule has 0 radical (unpaired) electrons. The number of carbonyl (C=O) groups excluding carboxylic acids is 1. The number of rotatable bonds is 7. The molecule has 4 nitrogen and oxygen atoms in total. The van der Waals surface area contributed by atoms with Gasteiger partial charge in [0.25, 0.3) is 11.7 Å². The predicted molar refractivity (Wildman–Crippen MR) is 99.4 cm³/mol. The van der Waals surface area contributed by atoms with Gasteiger partial charge in [-0.2, -0.15) is 11.8 Å². The number of aromatic nitrogens is 1. The molecule has 2 aromatic rings. The van der Waals surface area contributed by atoms with Gasteiger partial charge >= 0.3 is 0 Å². The highest BCUT2D eigenvalue weighted by Crippen LogP contribution is 2.19. The molecule has 1 amide bonds. The first-order chi connectivity index (χ1) is 11.8. The second kappa shape index (κ2) is 8.73. The van der Waals surface area contributed by atoms with E-state index in [2.05, 4.69) is 39.5 Å². The standard InChI is InChI=1S/C19H23N3OS/c23-19(21-11-14-24-15-16-7-2-1-3-8-16)17-9-6-10-20-18(17)22-12-4-5-13-22/h1-3,6-10H,4-5,11-15H2,(H,21,23)/p+1. The Morgan fingerprint density at radius 3 is 2.71 bits per heavy atom. The number of hydrogen-bond donors (Lipinski definition) is 1. The van der Waals surface area contributed by atoms with E-state index in [0.29, 0.717) is 6.54 Å². The number of nitrogens with zero attached hydrogens (tertiary/aromatic N) is 1. The van der Waals surface area contributed by atoms with Gasteiger partial charge in [-0.05, 0) is 30.5 Å². The number of carbonyl (C=O) groups is 1. The Balaban J connectivity index is 1.47. The number of amides is 1. The number of aromatic amines is 1. The summed E-state index contributed by atoms with van der Waals surface area (Å²) in [6.07, 6.45) is 4.28. The zero-order chi connectivity index (χ0) is 16.6. The molecule has 0 saturated carbocycles. The lowest BCUT2D eigenvalue weighted by Crippen LogP contribution is -2.33. The van der Waals surface area contributed by atoms with Gasteiger partial charge in [0.1, 0.15) is 5.56 Å². The molecule has 126 valence electrons. The molecule has 1 aliphatic rings. The Labute approximate surface area is 147 Å². The van der Waals surface area contributed by atoms with E-state index in [9.17, 15) is 4.79 Å². The summed E-state index contributed by atoms with van der Waals surface area (Å²) in [5.41, 5.74) is 2.07. The number of thioether (sulfide) groups is 1. The summed E-state index contributed by atoms with van der Waals surface area (Å²) < 4.78 is 0. The summed E-state index contributed by atoms with van der Waals surface area (Å²) >= 11 is 1.84. The molecule has 0 spiro atoms. The molecule has 2 heterocycles. The van der Waals surface area contributed by atoms with Crippen LogP contribution in [0.1, 0.15) is 28.8 Å². The minimum atomic E-state index is 0.00839. The van der Waals surface area contributed by atoms with Crippen LogP contribution in [0.4, 0.5) is 5.82 Å². The van der Waals surface area contributed by atoms with Crippen LogP contribution in [0.5, 0.6) is 0 Å². The lowest BCUT2D eigenvalue weighted by atomic mass is 10.2. The molecule has 0 aliphatic carbocycles. The molecule has 2 N–H and O–H groups in total. The van der Waals surface area contributed by atoms with Crippen LogP contribution >= 0.6 is 11.8 Å². The maximum atomic E-state index is 12.5. The zero-order valence-corrected chi connectivity index (χ0v) is 14.6. The molecule has 1 aliphatic heterocycles. The molecule has 1 fully saturated rings. The number of nitrogens with one attached hydrogen (secondary N) is 2. The normalized spacial score (nSPS) is 13.9. The van der Waals surface area contributed by atoms with Gasteiger partial charge in [0.05, 0.1) is 19.3 Å². The number of H-pyrrole nitrogens is 1. The van der Waals surface area contributed by atoms with E-state index in [1.54, 1.807) is 0 Å². The fourth-order valence-electron chi connectivity index (χ4n) is 2.91. The van der Waals surface area contributed by atoms with Crippen LogP contribution < -0.4 is 15.2 Å². The van der Waals surface area contributed by atoms with E-state index in [1.165, 1.54) is 18.4 Å². The fourth-order valence-corrected chi connectivity index (χ4v) is 3.73. The van der Waals surface area contributed by atoms with Gasteiger partial charge in [0.15, 0.2) is 0 Å². The first-order valence-corrected chi connectivity index (χ1v) is 9.65. The number of anilines is 1. The van der Waals surface area contributed by atoms with Crippen LogP contribution in [0.25, 0.3) is 0 Å². The van der Waals surface area contributed by atoms with E-state index in [1.807, 2.05) is 36.2 Å². The second-order valence-corrected chi connectivity index (χ2v) is 7.03. The maximum Gasteiger partial charge on any atom is 0.287 e. The van der Waals surface area contributed by atoms with Gasteiger partial charge in [-0.25, -0.2) is 4.98 Å². The highest BCUT2D eigenvalue weighted by Gasteiger charge is 2.26. The van der Waals surface area contributed by atoms with Crippen molar-refractivity contribution in [3.63, 3.8) is 0 Å². The maximum absolute atomic E-state index is 12.5. The van der Waals surface area contributed by atoms with Gasteiger partial charge < -0.3 is 5.32 Å². The lowest BCUT2D eigenvalue weighted by molar-refractivity contribution is -0.364. The van der Waals surface area contributed by atoms with Crippen LogP contribution in [0.2, 0.25) is 0 Å². The SMILES string of the molecule is O=C(NCCSCc1ccccc1)c1ccc[nH+]c1N1CCCC1. The number of pyridine rings is 1. The van der Waals surface area contributed by atoms with Gasteiger partial charge in [-0.1, -0.05) is 30.3 Å². The summed E-state index contributed by atoms with van der Waals surface area (Å²) in [6, 6.07) is 14.2. The van der Waals surface area contributed by atoms with Crippen molar-refractivity contribution in [3.8, 4) is 0 Å². The predicted octanol–water partition coefficient (Wildman–Crippen LogP) is 2.76. The first-order valence-electron chi connectivity index (χ1n) is 8.50. The van der Waals surface area contributed by atoms with E-state index in [-0.39, 0.29) is 5.91 Å². The third-order valence-corrected chi connectivity index (χ3v) is 5.17. The highest BCUT2D eigenvalue weighted by molar-refractivity contribution is 7.98. The zero-order valence-electron chi connectivity index (χ0n) is 13.8. The molecular formula is C19H24N3OS+. The second-order valence-electron chi connectivity index (χ2n) is 5.92. The van der Waals surface area contributed by atoms with Crippen molar-refractivity contribution in [1.29, 1.82) is 0 Å². The molecule has 1 aromatic heterocycles. The minimum absolute atomic E-state index is 0.00839. The van der Waals surface area contributed by atoms with Crippen LogP contribution in [-0.2, 0) is 5.75 Å². The van der Waals surface area contributed by atoms with Crippen LogP contribution in [-0.4, -0.2) is 31.3 Å². The topological polar surface area (TPSA) is 46.5 Å². The van der Waals surface area contributed by atoms with Crippen molar-refractivity contribution in [2.24, 2.45) is 0 Å². The first kappa shape index (κ1) is 16.8. The molecule has 5 heteroatoms. The Hall–Kier alpha value is -2.01. The van der Waals surface area contributed by atoms with Crippen molar-refractivity contribution in [2.75, 3.05) is 30.3 Å². The summed E-state index contributed by atoms with van der Waals surface area (Å²) in [5.74, 6) is 2.85. The third-order valence-electron chi connectivity index (χ3n) is 4.14. The Morgan fingerprint density at radius 1 is 1.12 bits per heavy atom. The average molecular weight is 342 g/mol. The highest BCUT2D eigenvalue weighted by atomic mass is 32.2. The summed E-state index contributed by atoms with van der Waals surface area (Å²) in [5, 5.41) is 3.04. The van der Waals surface area contributed by atoms with Crippen molar-refractivity contribution >= 4 is 23.5 Å². The quantitative estimate of drug-likeness (QED) is 0.787. The van der Waals surface area contributed by atoms with E-state index in [4.69, 9.17) is 0 Å².